The van der Waals surface area contributed by atoms with Crippen molar-refractivity contribution in [2.45, 2.75) is 19.9 Å². The number of hydrogen-bond acceptors (Lipinski definition) is 2. The van der Waals surface area contributed by atoms with Crippen molar-refractivity contribution in [2.75, 3.05) is 13.1 Å². The van der Waals surface area contributed by atoms with E-state index in [1.54, 1.807) is 17.0 Å². The minimum Gasteiger partial charge on any atom is -0.334 e. The van der Waals surface area contributed by atoms with Crippen molar-refractivity contribution < 1.29 is 9.18 Å². The highest BCUT2D eigenvalue weighted by atomic mass is 19.1. The van der Waals surface area contributed by atoms with E-state index in [2.05, 4.69) is 36.5 Å². The Morgan fingerprint density at radius 2 is 1.92 bits per heavy atom. The molecule has 1 aliphatic rings. The van der Waals surface area contributed by atoms with Crippen LogP contribution in [0.25, 0.3) is 0 Å². The van der Waals surface area contributed by atoms with Gasteiger partial charge in [0.25, 0.3) is 0 Å². The summed E-state index contributed by atoms with van der Waals surface area (Å²) in [5.41, 5.74) is 3.19. The number of rotatable bonds is 4. The molecule has 1 aliphatic heterocycles. The molecule has 25 heavy (non-hydrogen) atoms. The van der Waals surface area contributed by atoms with Crippen molar-refractivity contribution in [1.82, 2.24) is 10.2 Å². The molecule has 0 radical (unpaired) electrons. The standard InChI is InChI=1S/C20H20FN3O/c1-14-2-4-15(5-3-14)8-17-12-24(13-17)20(25)23-11-16-6-7-18(10-22)19(21)9-16/h2-7,9,17H,8,11-13H2,1H3,(H,23,25). The maximum atomic E-state index is 13.5. The average Bonchev–Trinajstić information content (AvgIpc) is 2.57. The van der Waals surface area contributed by atoms with Crippen molar-refractivity contribution in [3.05, 3.63) is 70.5 Å². The predicted octanol–water partition coefficient (Wildman–Crippen LogP) is 3.39. The zero-order chi connectivity index (χ0) is 17.8. The number of carbonyl (C=O) groups is 1. The zero-order valence-electron chi connectivity index (χ0n) is 14.1. The molecule has 0 aliphatic carbocycles. The van der Waals surface area contributed by atoms with Crippen LogP contribution in [0.3, 0.4) is 0 Å². The summed E-state index contributed by atoms with van der Waals surface area (Å²) in [6.07, 6.45) is 0.977. The van der Waals surface area contributed by atoms with Gasteiger partial charge >= 0.3 is 6.03 Å². The summed E-state index contributed by atoms with van der Waals surface area (Å²) in [5, 5.41) is 11.5. The SMILES string of the molecule is Cc1ccc(CC2CN(C(=O)NCc3ccc(C#N)c(F)c3)C2)cc1. The molecule has 2 aromatic carbocycles. The van der Waals surface area contributed by atoms with Crippen molar-refractivity contribution in [3.63, 3.8) is 0 Å². The summed E-state index contributed by atoms with van der Waals surface area (Å²) < 4.78 is 13.5. The molecule has 0 saturated carbocycles. The molecule has 0 unspecified atom stereocenters. The van der Waals surface area contributed by atoms with Crippen LogP contribution in [-0.4, -0.2) is 24.0 Å². The maximum Gasteiger partial charge on any atom is 0.317 e. The molecular weight excluding hydrogens is 317 g/mol. The number of nitrogens with one attached hydrogen (secondary N) is 1. The fourth-order valence-electron chi connectivity index (χ4n) is 2.97. The molecule has 0 aromatic heterocycles. The number of hydrogen-bond donors (Lipinski definition) is 1. The van der Waals surface area contributed by atoms with Crippen molar-refractivity contribution in [3.8, 4) is 6.07 Å². The quantitative estimate of drug-likeness (QED) is 0.930. The van der Waals surface area contributed by atoms with Crippen LogP contribution in [0.1, 0.15) is 22.3 Å². The molecule has 0 bridgehead atoms. The summed E-state index contributed by atoms with van der Waals surface area (Å²) in [6.45, 7) is 3.79. The molecule has 2 amide bonds. The second-order valence-electron chi connectivity index (χ2n) is 6.55. The van der Waals surface area contributed by atoms with E-state index in [1.807, 2.05) is 0 Å². The fourth-order valence-corrected chi connectivity index (χ4v) is 2.97. The van der Waals surface area contributed by atoms with Gasteiger partial charge in [0.05, 0.1) is 5.56 Å². The van der Waals surface area contributed by atoms with Crippen molar-refractivity contribution in [2.24, 2.45) is 5.92 Å². The van der Waals surface area contributed by atoms with E-state index < -0.39 is 5.82 Å². The van der Waals surface area contributed by atoms with Gasteiger partial charge in [0.15, 0.2) is 0 Å². The highest BCUT2D eigenvalue weighted by Crippen LogP contribution is 2.21. The van der Waals surface area contributed by atoms with Gasteiger partial charge in [0, 0.05) is 19.6 Å². The first kappa shape index (κ1) is 17.0. The topological polar surface area (TPSA) is 56.1 Å². The van der Waals surface area contributed by atoms with Gasteiger partial charge < -0.3 is 10.2 Å². The Morgan fingerprint density at radius 3 is 2.56 bits per heavy atom. The normalized spacial score (nSPS) is 13.9. The molecule has 3 rings (SSSR count). The first-order chi connectivity index (χ1) is 12.0. The third kappa shape index (κ3) is 4.16. The highest BCUT2D eigenvalue weighted by Gasteiger charge is 2.30. The molecule has 2 aromatic rings. The van der Waals surface area contributed by atoms with Crippen LogP contribution in [0.15, 0.2) is 42.5 Å². The first-order valence-corrected chi connectivity index (χ1v) is 8.32. The Hall–Kier alpha value is -2.87. The first-order valence-electron chi connectivity index (χ1n) is 8.32. The van der Waals surface area contributed by atoms with Crippen LogP contribution in [-0.2, 0) is 13.0 Å². The maximum absolute atomic E-state index is 13.5. The van der Waals surface area contributed by atoms with Gasteiger partial charge in [-0.15, -0.1) is 0 Å². The molecule has 1 fully saturated rings. The van der Waals surface area contributed by atoms with E-state index in [9.17, 15) is 9.18 Å². The van der Waals surface area contributed by atoms with Crippen LogP contribution in [0, 0.1) is 30.0 Å². The smallest absolute Gasteiger partial charge is 0.317 e. The summed E-state index contributed by atoms with van der Waals surface area (Å²) in [5.74, 6) is -0.0721. The summed E-state index contributed by atoms with van der Waals surface area (Å²) in [6, 6.07) is 14.5. The lowest BCUT2D eigenvalue weighted by molar-refractivity contribution is 0.120. The minimum atomic E-state index is -0.559. The Bertz CT molecular complexity index is 805. The van der Waals surface area contributed by atoms with Gasteiger partial charge in [0.1, 0.15) is 11.9 Å². The van der Waals surface area contributed by atoms with Crippen LogP contribution < -0.4 is 5.32 Å². The number of halogens is 1. The number of amides is 2. The second kappa shape index (κ2) is 7.35. The highest BCUT2D eigenvalue weighted by molar-refractivity contribution is 5.75. The molecule has 5 heteroatoms. The van der Waals surface area contributed by atoms with Gasteiger partial charge in [0.2, 0.25) is 0 Å². The number of nitrogens with zero attached hydrogens (tertiary/aromatic N) is 2. The third-order valence-corrected chi connectivity index (χ3v) is 4.49. The monoisotopic (exact) mass is 337 g/mol. The van der Waals surface area contributed by atoms with Crippen LogP contribution in [0.5, 0.6) is 0 Å². The summed E-state index contributed by atoms with van der Waals surface area (Å²) >= 11 is 0. The average molecular weight is 337 g/mol. The molecule has 1 saturated heterocycles. The lowest BCUT2D eigenvalue weighted by atomic mass is 9.92. The molecule has 0 atom stereocenters. The molecule has 0 spiro atoms. The van der Waals surface area contributed by atoms with E-state index >= 15 is 0 Å². The van der Waals surface area contributed by atoms with E-state index in [4.69, 9.17) is 5.26 Å². The zero-order valence-corrected chi connectivity index (χ0v) is 14.1. The Morgan fingerprint density at radius 1 is 1.24 bits per heavy atom. The molecule has 1 heterocycles. The Labute approximate surface area is 146 Å². The lowest BCUT2D eigenvalue weighted by Crippen LogP contribution is -2.54. The van der Waals surface area contributed by atoms with Gasteiger partial charge in [-0.1, -0.05) is 35.9 Å². The second-order valence-corrected chi connectivity index (χ2v) is 6.55. The number of nitriles is 1. The molecule has 128 valence electrons. The molecule has 4 nitrogen and oxygen atoms in total. The van der Waals surface area contributed by atoms with Crippen LogP contribution in [0.4, 0.5) is 9.18 Å². The third-order valence-electron chi connectivity index (χ3n) is 4.49. The Balaban J connectivity index is 1.44. The minimum absolute atomic E-state index is 0.0109. The van der Waals surface area contributed by atoms with Gasteiger partial charge in [-0.2, -0.15) is 5.26 Å². The number of urea groups is 1. The molecule has 1 N–H and O–H groups in total. The van der Waals surface area contributed by atoms with Crippen LogP contribution in [0.2, 0.25) is 0 Å². The largest absolute Gasteiger partial charge is 0.334 e. The Kier molecular flexibility index (Phi) is 4.99. The summed E-state index contributed by atoms with van der Waals surface area (Å²) in [7, 11) is 0. The number of carbonyl (C=O) groups excluding carboxylic acids is 1. The van der Waals surface area contributed by atoms with Crippen molar-refractivity contribution in [1.29, 1.82) is 5.26 Å². The summed E-state index contributed by atoms with van der Waals surface area (Å²) in [4.78, 5) is 13.9. The van der Waals surface area contributed by atoms with Crippen molar-refractivity contribution >= 4 is 6.03 Å². The van der Waals surface area contributed by atoms with E-state index in [-0.39, 0.29) is 18.1 Å². The van der Waals surface area contributed by atoms with Gasteiger partial charge in [-0.25, -0.2) is 9.18 Å². The number of aryl methyl sites for hydroxylation is 1. The van der Waals surface area contributed by atoms with E-state index in [0.717, 1.165) is 19.5 Å². The van der Waals surface area contributed by atoms with E-state index in [1.165, 1.54) is 23.3 Å². The van der Waals surface area contributed by atoms with Gasteiger partial charge in [-0.05, 0) is 42.5 Å². The lowest BCUT2D eigenvalue weighted by Gasteiger charge is -2.39. The molecular formula is C20H20FN3O. The number of likely N-dealkylation sites (tertiary alicyclic amines) is 1. The predicted molar refractivity (Wildman–Crippen MR) is 93.3 cm³/mol. The van der Waals surface area contributed by atoms with E-state index in [0.29, 0.717) is 11.5 Å². The van der Waals surface area contributed by atoms with Gasteiger partial charge in [-0.3, -0.25) is 0 Å². The fraction of sp³-hybridized carbons (Fsp3) is 0.300. The van der Waals surface area contributed by atoms with Crippen LogP contribution >= 0.6 is 0 Å². The number of benzene rings is 2.